The lowest BCUT2D eigenvalue weighted by Gasteiger charge is -2.30. The Labute approximate surface area is 71.6 Å². The topological polar surface area (TPSA) is 20.3 Å². The Morgan fingerprint density at radius 1 is 1.30 bits per heavy atom. The highest BCUT2D eigenvalue weighted by atomic mass is 33.1. The van der Waals surface area contributed by atoms with E-state index in [0.29, 0.717) is 18.6 Å². The molecule has 1 saturated heterocycles. The van der Waals surface area contributed by atoms with Gasteiger partial charge in [-0.3, -0.25) is 13.0 Å². The molecule has 0 atom stereocenters. The fourth-order valence-corrected chi connectivity index (χ4v) is 2.26. The van der Waals surface area contributed by atoms with Gasteiger partial charge >= 0.3 is 0 Å². The summed E-state index contributed by atoms with van der Waals surface area (Å²) < 4.78 is 2.01. The zero-order valence-corrected chi connectivity index (χ0v) is 7.86. The highest BCUT2D eigenvalue weighted by molar-refractivity contribution is 8.45. The molecule has 1 aliphatic rings. The largest absolute Gasteiger partial charge is 0.382 e. The van der Waals surface area contributed by atoms with Crippen LogP contribution < -0.4 is 0 Å². The molecule has 2 nitrogen and oxygen atoms in total. The van der Waals surface area contributed by atoms with Gasteiger partial charge in [-0.2, -0.15) is 0 Å². The fraction of sp³-hybridized carbons (Fsp3) is 0.800. The predicted octanol–water partition coefficient (Wildman–Crippen LogP) is 0.108. The molecule has 1 aliphatic heterocycles. The lowest BCUT2D eigenvalue weighted by molar-refractivity contribution is -0.120. The van der Waals surface area contributed by atoms with Crippen LogP contribution in [0.4, 0.5) is 0 Å². The second-order valence-corrected chi connectivity index (χ2v) is 5.66. The first-order valence-corrected chi connectivity index (χ1v) is 6.09. The van der Waals surface area contributed by atoms with Crippen LogP contribution in [0.2, 0.25) is 0 Å². The molecular formula is C5H8NOS3-. The maximum Gasteiger partial charge on any atom is 0.135 e. The summed E-state index contributed by atoms with van der Waals surface area (Å²) in [4.78, 5) is 10.7. The molecule has 0 aromatic carbocycles. The summed E-state index contributed by atoms with van der Waals surface area (Å²) in [5, 5.41) is 0. The van der Waals surface area contributed by atoms with E-state index in [1.54, 1.807) is 0 Å². The van der Waals surface area contributed by atoms with Crippen LogP contribution in [-0.4, -0.2) is 23.2 Å². The first-order valence-electron chi connectivity index (χ1n) is 3.06. The molecule has 0 bridgehead atoms. The molecule has 1 rings (SSSR count). The number of carbonyl (C=O) groups excluding carboxylic acids is 1. The molecule has 0 unspecified atom stereocenters. The second kappa shape index (κ2) is 3.71. The van der Waals surface area contributed by atoms with Crippen molar-refractivity contribution in [3.63, 3.8) is 0 Å². The monoisotopic (exact) mass is 194 g/mol. The molecule has 0 aliphatic carbocycles. The van der Waals surface area contributed by atoms with Crippen molar-refractivity contribution < 1.29 is 4.79 Å². The normalized spacial score (nSPS) is 21.9. The quantitative estimate of drug-likeness (QED) is 0.552. The Morgan fingerprint density at radius 2 is 1.80 bits per heavy atom. The van der Waals surface area contributed by atoms with Gasteiger partial charge in [0.05, 0.1) is 0 Å². The summed E-state index contributed by atoms with van der Waals surface area (Å²) in [6.45, 7) is 1.55. The van der Waals surface area contributed by atoms with E-state index in [1.807, 2.05) is 4.31 Å². The average molecular weight is 194 g/mol. The van der Waals surface area contributed by atoms with Crippen LogP contribution in [0.1, 0.15) is 12.8 Å². The lowest BCUT2D eigenvalue weighted by atomic mass is 10.1. The minimum absolute atomic E-state index is 0.340. The van der Waals surface area contributed by atoms with E-state index < -0.39 is 8.20 Å². The zero-order valence-electron chi connectivity index (χ0n) is 5.41. The average Bonchev–Trinajstić information content (AvgIpc) is 1.88. The van der Waals surface area contributed by atoms with E-state index in [4.69, 9.17) is 22.4 Å². The zero-order chi connectivity index (χ0) is 7.56. The smallest absolute Gasteiger partial charge is 0.135 e. The van der Waals surface area contributed by atoms with Gasteiger partial charge in [-0.25, -0.2) is 22.4 Å². The number of hydrogen-bond donors (Lipinski definition) is 0. The molecule has 1 fully saturated rings. The van der Waals surface area contributed by atoms with Crippen molar-refractivity contribution in [1.82, 2.24) is 4.31 Å². The maximum atomic E-state index is 10.7. The molecule has 10 heavy (non-hydrogen) atoms. The summed E-state index contributed by atoms with van der Waals surface area (Å²) in [5.41, 5.74) is 0. The van der Waals surface area contributed by atoms with Crippen LogP contribution in [0.15, 0.2) is 0 Å². The van der Waals surface area contributed by atoms with Crippen LogP contribution in [-0.2, 0) is 35.4 Å². The maximum absolute atomic E-state index is 10.7. The molecule has 58 valence electrons. The third kappa shape index (κ3) is 2.23. The van der Waals surface area contributed by atoms with Crippen LogP contribution in [0.25, 0.3) is 0 Å². The van der Waals surface area contributed by atoms with E-state index >= 15 is 0 Å². The van der Waals surface area contributed by atoms with Gasteiger partial charge in [-0.1, -0.05) is 0 Å². The third-order valence-corrected chi connectivity index (χ3v) is 3.54. The Bertz CT molecular complexity index is 193. The molecule has 0 aromatic rings. The highest BCUT2D eigenvalue weighted by Crippen LogP contribution is 2.04. The van der Waals surface area contributed by atoms with Crippen LogP contribution >= 0.6 is 0 Å². The van der Waals surface area contributed by atoms with Gasteiger partial charge < -0.3 is 4.31 Å². The summed E-state index contributed by atoms with van der Waals surface area (Å²) in [6, 6.07) is 0. The number of carbonyl (C=O) groups is 1. The standard InChI is InChI=1S/C5H8NOS3/c7-5-1-3-6(4-2-5)10(8)9/h1-4H2/q-1. The first kappa shape index (κ1) is 8.52. The van der Waals surface area contributed by atoms with Gasteiger partial charge in [-0.15, -0.1) is 0 Å². The van der Waals surface area contributed by atoms with Gasteiger partial charge in [0.25, 0.3) is 0 Å². The van der Waals surface area contributed by atoms with Crippen LogP contribution in [0.5, 0.6) is 0 Å². The molecule has 0 aromatic heterocycles. The Kier molecular flexibility index (Phi) is 3.16. The number of piperidine rings is 1. The molecule has 0 amide bonds. The van der Waals surface area contributed by atoms with Gasteiger partial charge in [0.2, 0.25) is 0 Å². The van der Waals surface area contributed by atoms with Crippen LogP contribution in [0.3, 0.4) is 0 Å². The van der Waals surface area contributed by atoms with Crippen molar-refractivity contribution in [1.29, 1.82) is 0 Å². The van der Waals surface area contributed by atoms with Gasteiger partial charge in [0.1, 0.15) is 5.78 Å². The van der Waals surface area contributed by atoms with Crippen LogP contribution in [0, 0.1) is 0 Å². The lowest BCUT2D eigenvalue weighted by Crippen LogP contribution is -2.31. The molecular weight excluding hydrogens is 186 g/mol. The first-order chi connectivity index (χ1) is 4.70. The summed E-state index contributed by atoms with van der Waals surface area (Å²) in [7, 11) is -0.469. The number of rotatable bonds is 1. The van der Waals surface area contributed by atoms with E-state index in [-0.39, 0.29) is 0 Å². The van der Waals surface area contributed by atoms with E-state index in [2.05, 4.69) is 0 Å². The van der Waals surface area contributed by atoms with Crippen molar-refractivity contribution in [2.24, 2.45) is 0 Å². The van der Waals surface area contributed by atoms with Crippen molar-refractivity contribution in [3.05, 3.63) is 0 Å². The number of Topliss-reactive ketones (excluding diaryl/α,β-unsaturated/α-hetero) is 1. The molecule has 5 heteroatoms. The molecule has 1 heterocycles. The number of hydrogen-bond acceptors (Lipinski definition) is 4. The highest BCUT2D eigenvalue weighted by Gasteiger charge is 2.09. The third-order valence-electron chi connectivity index (χ3n) is 1.49. The summed E-state index contributed by atoms with van der Waals surface area (Å²) in [5.74, 6) is 0.340. The Hall–Kier alpha value is 0.420. The minimum Gasteiger partial charge on any atom is -0.382 e. The van der Waals surface area contributed by atoms with Crippen molar-refractivity contribution in [2.75, 3.05) is 13.1 Å². The van der Waals surface area contributed by atoms with Gasteiger partial charge in [0.15, 0.2) is 0 Å². The summed E-state index contributed by atoms with van der Waals surface area (Å²) >= 11 is 9.79. The minimum atomic E-state index is -0.469. The van der Waals surface area contributed by atoms with Crippen molar-refractivity contribution >= 4 is 36.4 Å². The molecule has 0 saturated carbocycles. The van der Waals surface area contributed by atoms with E-state index in [9.17, 15) is 4.79 Å². The van der Waals surface area contributed by atoms with Gasteiger partial charge in [0, 0.05) is 12.8 Å². The van der Waals surface area contributed by atoms with E-state index in [0.717, 1.165) is 13.1 Å². The summed E-state index contributed by atoms with van der Waals surface area (Å²) in [6.07, 6.45) is 1.27. The van der Waals surface area contributed by atoms with Crippen molar-refractivity contribution in [3.8, 4) is 0 Å². The van der Waals surface area contributed by atoms with Gasteiger partial charge in [-0.05, 0) is 13.1 Å². The number of nitrogens with zero attached hydrogens (tertiary/aromatic N) is 1. The van der Waals surface area contributed by atoms with E-state index in [1.165, 1.54) is 0 Å². The SMILES string of the molecule is O=C1CCN([S-](=S)=S)CC1. The fourth-order valence-electron chi connectivity index (χ4n) is 0.885. The molecule has 0 spiro atoms. The molecule has 0 radical (unpaired) electrons. The second-order valence-electron chi connectivity index (χ2n) is 2.18. The number of ketones is 1. The Balaban J connectivity index is 2.47. The predicted molar refractivity (Wildman–Crippen MR) is 47.9 cm³/mol. The van der Waals surface area contributed by atoms with Crippen molar-refractivity contribution in [2.45, 2.75) is 12.8 Å². The Morgan fingerprint density at radius 3 is 2.20 bits per heavy atom. The molecule has 0 N–H and O–H groups in total.